The molecule has 0 aromatic heterocycles. The fraction of sp³-hybridized carbons (Fsp3) is 1.00. The highest BCUT2D eigenvalue weighted by Gasteiger charge is 2.21. The van der Waals surface area contributed by atoms with Gasteiger partial charge in [0.1, 0.15) is 0 Å². The van der Waals surface area contributed by atoms with Gasteiger partial charge in [-0.05, 0) is 18.9 Å². The molecule has 1 heterocycles. The second-order valence-electron chi connectivity index (χ2n) is 4.41. The molecule has 1 fully saturated rings. The lowest BCUT2D eigenvalue weighted by atomic mass is 9.97. The van der Waals surface area contributed by atoms with Gasteiger partial charge >= 0.3 is 0 Å². The van der Waals surface area contributed by atoms with Crippen LogP contribution in [0.25, 0.3) is 0 Å². The Kier molecular flexibility index (Phi) is 6.22. The van der Waals surface area contributed by atoms with Crippen LogP contribution in [0.4, 0.5) is 0 Å². The van der Waals surface area contributed by atoms with E-state index in [0.717, 1.165) is 32.1 Å². The van der Waals surface area contributed by atoms with E-state index in [2.05, 4.69) is 26.1 Å². The van der Waals surface area contributed by atoms with Crippen molar-refractivity contribution in [3.63, 3.8) is 0 Å². The van der Waals surface area contributed by atoms with Crippen LogP contribution in [-0.2, 0) is 9.47 Å². The van der Waals surface area contributed by atoms with E-state index in [4.69, 9.17) is 9.47 Å². The summed E-state index contributed by atoms with van der Waals surface area (Å²) in [5, 5.41) is 3.51. The average molecular weight is 215 g/mol. The highest BCUT2D eigenvalue weighted by atomic mass is 16.7. The molecule has 90 valence electrons. The summed E-state index contributed by atoms with van der Waals surface area (Å²) in [7, 11) is 0. The van der Waals surface area contributed by atoms with E-state index >= 15 is 0 Å². The molecule has 0 aromatic carbocycles. The zero-order valence-electron chi connectivity index (χ0n) is 10.3. The molecular weight excluding hydrogens is 190 g/mol. The van der Waals surface area contributed by atoms with Crippen molar-refractivity contribution in [1.29, 1.82) is 0 Å². The Labute approximate surface area is 93.5 Å². The molecule has 1 N–H and O–H groups in total. The maximum absolute atomic E-state index is 5.48. The summed E-state index contributed by atoms with van der Waals surface area (Å²) in [5.74, 6) is 0.774. The molecule has 0 aromatic rings. The van der Waals surface area contributed by atoms with Crippen LogP contribution in [0, 0.1) is 5.92 Å². The maximum atomic E-state index is 5.48. The standard InChI is InChI=1S/C12H25NO2/c1-4-10(3)8-11(13-5-2)9-12-14-6-7-15-12/h10-13H,4-9H2,1-3H3. The van der Waals surface area contributed by atoms with Gasteiger partial charge in [0.15, 0.2) is 6.29 Å². The van der Waals surface area contributed by atoms with E-state index in [1.165, 1.54) is 12.8 Å². The topological polar surface area (TPSA) is 30.5 Å². The number of nitrogens with one attached hydrogen (secondary N) is 1. The van der Waals surface area contributed by atoms with Gasteiger partial charge in [0.25, 0.3) is 0 Å². The first-order valence-corrected chi connectivity index (χ1v) is 6.22. The molecule has 0 bridgehead atoms. The molecule has 2 unspecified atom stereocenters. The van der Waals surface area contributed by atoms with E-state index in [-0.39, 0.29) is 6.29 Å². The van der Waals surface area contributed by atoms with Crippen molar-refractivity contribution in [1.82, 2.24) is 5.32 Å². The molecule has 1 aliphatic rings. The minimum absolute atomic E-state index is 0.0260. The number of rotatable bonds is 7. The number of hydrogen-bond acceptors (Lipinski definition) is 3. The third-order valence-electron chi connectivity index (χ3n) is 3.04. The van der Waals surface area contributed by atoms with E-state index < -0.39 is 0 Å². The largest absolute Gasteiger partial charge is 0.350 e. The Morgan fingerprint density at radius 1 is 1.27 bits per heavy atom. The fourth-order valence-electron chi connectivity index (χ4n) is 1.98. The van der Waals surface area contributed by atoms with Crippen LogP contribution in [0.5, 0.6) is 0 Å². The van der Waals surface area contributed by atoms with Crippen molar-refractivity contribution in [3.05, 3.63) is 0 Å². The van der Waals surface area contributed by atoms with Crippen molar-refractivity contribution in [3.8, 4) is 0 Å². The summed E-state index contributed by atoms with van der Waals surface area (Å²) in [4.78, 5) is 0. The summed E-state index contributed by atoms with van der Waals surface area (Å²) >= 11 is 0. The van der Waals surface area contributed by atoms with Gasteiger partial charge in [-0.25, -0.2) is 0 Å². The molecule has 3 heteroatoms. The summed E-state index contributed by atoms with van der Waals surface area (Å²) in [5.41, 5.74) is 0. The van der Waals surface area contributed by atoms with Crippen molar-refractivity contribution >= 4 is 0 Å². The van der Waals surface area contributed by atoms with E-state index in [1.807, 2.05) is 0 Å². The fourth-order valence-corrected chi connectivity index (χ4v) is 1.98. The van der Waals surface area contributed by atoms with Crippen LogP contribution in [0.2, 0.25) is 0 Å². The van der Waals surface area contributed by atoms with Crippen LogP contribution in [0.15, 0.2) is 0 Å². The first kappa shape index (κ1) is 12.9. The van der Waals surface area contributed by atoms with Gasteiger partial charge in [-0.15, -0.1) is 0 Å². The Bertz CT molecular complexity index is 158. The van der Waals surface area contributed by atoms with Crippen LogP contribution < -0.4 is 5.32 Å². The Balaban J connectivity index is 2.28. The summed E-state index contributed by atoms with van der Waals surface area (Å²) in [6.07, 6.45) is 3.47. The average Bonchev–Trinajstić information content (AvgIpc) is 2.70. The molecule has 3 nitrogen and oxygen atoms in total. The monoisotopic (exact) mass is 215 g/mol. The van der Waals surface area contributed by atoms with Gasteiger partial charge in [-0.1, -0.05) is 27.2 Å². The van der Waals surface area contributed by atoms with Gasteiger partial charge < -0.3 is 14.8 Å². The molecule has 15 heavy (non-hydrogen) atoms. The zero-order chi connectivity index (χ0) is 11.1. The van der Waals surface area contributed by atoms with Crippen molar-refractivity contribution < 1.29 is 9.47 Å². The molecule has 0 radical (unpaired) electrons. The van der Waals surface area contributed by atoms with Gasteiger partial charge in [-0.3, -0.25) is 0 Å². The maximum Gasteiger partial charge on any atom is 0.159 e. The van der Waals surface area contributed by atoms with Gasteiger partial charge in [-0.2, -0.15) is 0 Å². The van der Waals surface area contributed by atoms with E-state index in [9.17, 15) is 0 Å². The van der Waals surface area contributed by atoms with E-state index in [0.29, 0.717) is 6.04 Å². The summed E-state index contributed by atoms with van der Waals surface area (Å²) in [6.45, 7) is 9.24. The van der Waals surface area contributed by atoms with Gasteiger partial charge in [0, 0.05) is 12.5 Å². The van der Waals surface area contributed by atoms with Crippen molar-refractivity contribution in [2.45, 2.75) is 52.4 Å². The van der Waals surface area contributed by atoms with Gasteiger partial charge in [0.05, 0.1) is 13.2 Å². The molecule has 0 amide bonds. The molecule has 1 saturated heterocycles. The smallest absolute Gasteiger partial charge is 0.159 e. The minimum atomic E-state index is 0.0260. The Morgan fingerprint density at radius 2 is 1.93 bits per heavy atom. The van der Waals surface area contributed by atoms with Crippen LogP contribution >= 0.6 is 0 Å². The lowest BCUT2D eigenvalue weighted by Crippen LogP contribution is -2.34. The van der Waals surface area contributed by atoms with E-state index in [1.54, 1.807) is 0 Å². The molecular formula is C12H25NO2. The molecule has 0 saturated carbocycles. The predicted molar refractivity (Wildman–Crippen MR) is 61.8 cm³/mol. The zero-order valence-corrected chi connectivity index (χ0v) is 10.3. The predicted octanol–water partition coefficient (Wildman–Crippen LogP) is 2.16. The number of ether oxygens (including phenoxy) is 2. The first-order chi connectivity index (χ1) is 7.26. The third-order valence-corrected chi connectivity index (χ3v) is 3.04. The van der Waals surface area contributed by atoms with Crippen LogP contribution in [0.1, 0.15) is 40.0 Å². The Hall–Kier alpha value is -0.120. The molecule has 2 atom stereocenters. The Morgan fingerprint density at radius 3 is 2.47 bits per heavy atom. The van der Waals surface area contributed by atoms with Crippen LogP contribution in [0.3, 0.4) is 0 Å². The molecule has 1 aliphatic heterocycles. The van der Waals surface area contributed by atoms with Crippen LogP contribution in [-0.4, -0.2) is 32.1 Å². The summed E-state index contributed by atoms with van der Waals surface area (Å²) < 4.78 is 11.0. The minimum Gasteiger partial charge on any atom is -0.350 e. The second-order valence-corrected chi connectivity index (χ2v) is 4.41. The molecule has 0 spiro atoms. The second kappa shape index (κ2) is 7.20. The first-order valence-electron chi connectivity index (χ1n) is 6.22. The normalized spacial score (nSPS) is 21.8. The molecule has 0 aliphatic carbocycles. The lowest BCUT2D eigenvalue weighted by Gasteiger charge is -2.23. The third kappa shape index (κ3) is 4.96. The van der Waals surface area contributed by atoms with Crippen molar-refractivity contribution in [2.24, 2.45) is 5.92 Å². The quantitative estimate of drug-likeness (QED) is 0.706. The summed E-state index contributed by atoms with van der Waals surface area (Å²) in [6, 6.07) is 0.535. The molecule has 1 rings (SSSR count). The van der Waals surface area contributed by atoms with Gasteiger partial charge in [0.2, 0.25) is 0 Å². The van der Waals surface area contributed by atoms with Crippen molar-refractivity contribution in [2.75, 3.05) is 19.8 Å². The lowest BCUT2D eigenvalue weighted by molar-refractivity contribution is -0.0538. The number of hydrogen-bond donors (Lipinski definition) is 1. The highest BCUT2D eigenvalue weighted by molar-refractivity contribution is 4.72. The SMILES string of the molecule is CCNC(CC(C)CC)CC1OCCO1. The highest BCUT2D eigenvalue weighted by Crippen LogP contribution is 2.17.